The number of aliphatic carboxylic acids is 1. The van der Waals surface area contributed by atoms with Crippen LogP contribution in [0, 0.1) is 17.8 Å². The van der Waals surface area contributed by atoms with E-state index in [-0.39, 0.29) is 13.0 Å². The molecular weight excluding hydrogens is 275 g/mol. The van der Waals surface area contributed by atoms with Crippen molar-refractivity contribution in [3.05, 3.63) is 0 Å². The van der Waals surface area contributed by atoms with Gasteiger partial charge in [0.2, 0.25) is 5.91 Å². The molecule has 1 N–H and O–H groups in total. The zero-order valence-corrected chi connectivity index (χ0v) is 11.0. The highest BCUT2D eigenvalue weighted by atomic mass is 19.4. The second-order valence-electron chi connectivity index (χ2n) is 5.65. The van der Waals surface area contributed by atoms with Crippen LogP contribution in [0.25, 0.3) is 0 Å². The van der Waals surface area contributed by atoms with Crippen LogP contribution >= 0.6 is 0 Å². The number of hydrogen-bond acceptors (Lipinski definition) is 2. The van der Waals surface area contributed by atoms with Gasteiger partial charge in [-0.1, -0.05) is 6.42 Å². The summed E-state index contributed by atoms with van der Waals surface area (Å²) >= 11 is 0. The van der Waals surface area contributed by atoms with Crippen LogP contribution in [0.1, 0.15) is 32.1 Å². The maximum absolute atomic E-state index is 12.7. The summed E-state index contributed by atoms with van der Waals surface area (Å²) in [6, 6.07) is 0. The zero-order chi connectivity index (χ0) is 14.9. The first-order valence-corrected chi connectivity index (χ1v) is 6.89. The fourth-order valence-corrected chi connectivity index (χ4v) is 3.23. The van der Waals surface area contributed by atoms with Crippen LogP contribution in [0.2, 0.25) is 0 Å². The van der Waals surface area contributed by atoms with E-state index in [0.717, 1.165) is 0 Å². The van der Waals surface area contributed by atoms with Crippen LogP contribution in [0.15, 0.2) is 0 Å². The van der Waals surface area contributed by atoms with E-state index in [2.05, 4.69) is 0 Å². The molecule has 20 heavy (non-hydrogen) atoms. The molecule has 0 aromatic heterocycles. The highest BCUT2D eigenvalue weighted by Gasteiger charge is 2.45. The number of carboxylic acids is 1. The van der Waals surface area contributed by atoms with Gasteiger partial charge in [-0.05, 0) is 25.7 Å². The molecule has 2 fully saturated rings. The molecule has 4 nitrogen and oxygen atoms in total. The number of piperidine rings is 1. The fraction of sp³-hybridized carbons (Fsp3) is 0.846. The first-order chi connectivity index (χ1) is 9.30. The lowest BCUT2D eigenvalue weighted by Crippen LogP contribution is -2.47. The summed E-state index contributed by atoms with van der Waals surface area (Å²) < 4.78 is 38.2. The number of rotatable bonds is 2. The van der Waals surface area contributed by atoms with Crippen molar-refractivity contribution in [1.29, 1.82) is 0 Å². The number of halogens is 3. The quantitative estimate of drug-likeness (QED) is 0.850. The highest BCUT2D eigenvalue weighted by Crippen LogP contribution is 2.37. The maximum Gasteiger partial charge on any atom is 0.393 e. The number of hydrogen-bond donors (Lipinski definition) is 1. The van der Waals surface area contributed by atoms with Gasteiger partial charge in [-0.25, -0.2) is 0 Å². The van der Waals surface area contributed by atoms with E-state index >= 15 is 0 Å². The average molecular weight is 293 g/mol. The van der Waals surface area contributed by atoms with Gasteiger partial charge < -0.3 is 10.0 Å². The van der Waals surface area contributed by atoms with Gasteiger partial charge in [0.05, 0.1) is 17.8 Å². The second kappa shape index (κ2) is 5.61. The summed E-state index contributed by atoms with van der Waals surface area (Å²) in [7, 11) is 0. The standard InChI is InChI=1S/C13H18F3NO3/c14-13(15,16)8-3-2-6-17(7-8)11(18)9-4-1-5-10(9)12(19)20/h8-10H,1-7H2,(H,19,20). The Labute approximate surface area is 114 Å². The fourth-order valence-electron chi connectivity index (χ4n) is 3.23. The molecule has 1 amide bonds. The Morgan fingerprint density at radius 1 is 1.05 bits per heavy atom. The van der Waals surface area contributed by atoms with Gasteiger partial charge in [-0.3, -0.25) is 9.59 Å². The van der Waals surface area contributed by atoms with Crippen molar-refractivity contribution in [2.24, 2.45) is 17.8 Å². The summed E-state index contributed by atoms with van der Waals surface area (Å²) in [5.74, 6) is -4.31. The number of likely N-dealkylation sites (tertiary alicyclic amines) is 1. The van der Waals surface area contributed by atoms with E-state index in [0.29, 0.717) is 32.2 Å². The molecule has 0 radical (unpaired) electrons. The highest BCUT2D eigenvalue weighted by molar-refractivity contribution is 5.85. The van der Waals surface area contributed by atoms with Crippen molar-refractivity contribution >= 4 is 11.9 Å². The van der Waals surface area contributed by atoms with E-state index in [1.807, 2.05) is 0 Å². The molecule has 2 rings (SSSR count). The third-order valence-corrected chi connectivity index (χ3v) is 4.35. The smallest absolute Gasteiger partial charge is 0.393 e. The lowest BCUT2D eigenvalue weighted by Gasteiger charge is -2.35. The molecule has 3 unspecified atom stereocenters. The van der Waals surface area contributed by atoms with E-state index in [4.69, 9.17) is 5.11 Å². The minimum absolute atomic E-state index is 0.0420. The van der Waals surface area contributed by atoms with Crippen LogP contribution in [0.5, 0.6) is 0 Å². The van der Waals surface area contributed by atoms with Crippen molar-refractivity contribution in [2.75, 3.05) is 13.1 Å². The van der Waals surface area contributed by atoms with Gasteiger partial charge in [0, 0.05) is 13.1 Å². The van der Waals surface area contributed by atoms with Crippen LogP contribution in [0.4, 0.5) is 13.2 Å². The Balaban J connectivity index is 2.03. The summed E-state index contributed by atoms with van der Waals surface area (Å²) in [6.45, 7) is -0.0283. The third kappa shape index (κ3) is 3.07. The largest absolute Gasteiger partial charge is 0.481 e. The number of alkyl halides is 3. The molecule has 0 spiro atoms. The molecule has 1 aliphatic heterocycles. The molecule has 0 aromatic carbocycles. The van der Waals surface area contributed by atoms with Crippen molar-refractivity contribution in [3.8, 4) is 0 Å². The zero-order valence-electron chi connectivity index (χ0n) is 11.0. The third-order valence-electron chi connectivity index (χ3n) is 4.35. The summed E-state index contributed by atoms with van der Waals surface area (Å²) in [6.07, 6.45) is -2.39. The van der Waals surface area contributed by atoms with Gasteiger partial charge in [0.15, 0.2) is 0 Å². The Hall–Kier alpha value is -1.27. The molecule has 0 bridgehead atoms. The molecule has 1 aliphatic carbocycles. The molecule has 1 heterocycles. The van der Waals surface area contributed by atoms with Crippen molar-refractivity contribution in [2.45, 2.75) is 38.3 Å². The van der Waals surface area contributed by atoms with Crippen molar-refractivity contribution < 1.29 is 27.9 Å². The molecule has 1 saturated heterocycles. The van der Waals surface area contributed by atoms with Crippen LogP contribution < -0.4 is 0 Å². The monoisotopic (exact) mass is 293 g/mol. The number of amides is 1. The minimum atomic E-state index is -4.29. The Morgan fingerprint density at radius 2 is 1.70 bits per heavy atom. The van der Waals surface area contributed by atoms with Gasteiger partial charge in [0.25, 0.3) is 0 Å². The van der Waals surface area contributed by atoms with E-state index < -0.39 is 35.8 Å². The van der Waals surface area contributed by atoms with E-state index in [9.17, 15) is 22.8 Å². The molecule has 1 saturated carbocycles. The number of carboxylic acid groups (broad SMARTS) is 1. The van der Waals surface area contributed by atoms with Crippen LogP contribution in [0.3, 0.4) is 0 Å². The first-order valence-electron chi connectivity index (χ1n) is 6.89. The van der Waals surface area contributed by atoms with Crippen molar-refractivity contribution in [1.82, 2.24) is 4.90 Å². The maximum atomic E-state index is 12.7. The average Bonchev–Trinajstić information content (AvgIpc) is 2.86. The molecule has 3 atom stereocenters. The molecule has 2 aliphatic rings. The summed E-state index contributed by atoms with van der Waals surface area (Å²) in [4.78, 5) is 24.6. The molecule has 0 aromatic rings. The van der Waals surface area contributed by atoms with Gasteiger partial charge in [-0.15, -0.1) is 0 Å². The predicted molar refractivity (Wildman–Crippen MR) is 63.8 cm³/mol. The van der Waals surface area contributed by atoms with Gasteiger partial charge in [0.1, 0.15) is 0 Å². The Morgan fingerprint density at radius 3 is 2.30 bits per heavy atom. The summed E-state index contributed by atoms with van der Waals surface area (Å²) in [5.41, 5.74) is 0. The molecule has 7 heteroatoms. The van der Waals surface area contributed by atoms with Gasteiger partial charge in [-0.2, -0.15) is 13.2 Å². The SMILES string of the molecule is O=C(O)C1CCCC1C(=O)N1CCCC(C(F)(F)F)C1. The second-order valence-corrected chi connectivity index (χ2v) is 5.65. The van der Waals surface area contributed by atoms with Gasteiger partial charge >= 0.3 is 12.1 Å². The Bertz CT molecular complexity index is 397. The Kier molecular flexibility index (Phi) is 4.25. The lowest BCUT2D eigenvalue weighted by atomic mass is 9.91. The lowest BCUT2D eigenvalue weighted by molar-refractivity contribution is -0.189. The topological polar surface area (TPSA) is 57.6 Å². The number of carbonyl (C=O) groups is 2. The van der Waals surface area contributed by atoms with E-state index in [1.54, 1.807) is 0 Å². The van der Waals surface area contributed by atoms with Crippen molar-refractivity contribution in [3.63, 3.8) is 0 Å². The molecule has 114 valence electrons. The van der Waals surface area contributed by atoms with Crippen LogP contribution in [-0.2, 0) is 9.59 Å². The summed E-state index contributed by atoms with van der Waals surface area (Å²) in [5, 5.41) is 9.06. The number of nitrogens with zero attached hydrogens (tertiary/aromatic N) is 1. The first kappa shape index (κ1) is 15.1. The minimum Gasteiger partial charge on any atom is -0.481 e. The normalized spacial score (nSPS) is 31.4. The molecular formula is C13H18F3NO3. The number of carbonyl (C=O) groups excluding carboxylic acids is 1. The predicted octanol–water partition coefficient (Wildman–Crippen LogP) is 2.29. The van der Waals surface area contributed by atoms with Crippen LogP contribution in [-0.4, -0.2) is 41.1 Å². The van der Waals surface area contributed by atoms with E-state index in [1.165, 1.54) is 4.90 Å².